The number of esters is 1. The molecule has 0 bridgehead atoms. The van der Waals surface area contributed by atoms with Crippen molar-refractivity contribution >= 4 is 18.0 Å². The maximum absolute atomic E-state index is 11.9. The van der Waals surface area contributed by atoms with Gasteiger partial charge in [0.15, 0.2) is 0 Å². The van der Waals surface area contributed by atoms with E-state index in [2.05, 4.69) is 0 Å². The Labute approximate surface area is 111 Å². The zero-order valence-electron chi connectivity index (χ0n) is 11.5. The van der Waals surface area contributed by atoms with E-state index in [0.29, 0.717) is 0 Å². The summed E-state index contributed by atoms with van der Waals surface area (Å²) in [6.07, 6.45) is -1.24. The highest BCUT2D eigenvalue weighted by Crippen LogP contribution is 2.23. The van der Waals surface area contributed by atoms with Crippen molar-refractivity contribution in [3.63, 3.8) is 0 Å². The van der Waals surface area contributed by atoms with Gasteiger partial charge in [-0.2, -0.15) is 0 Å². The normalized spacial score (nSPS) is 23.1. The molecule has 0 aromatic carbocycles. The highest BCUT2D eigenvalue weighted by Gasteiger charge is 2.42. The maximum Gasteiger partial charge on any atom is 0.411 e. The third kappa shape index (κ3) is 4.42. The molecule has 1 amide bonds. The summed E-state index contributed by atoms with van der Waals surface area (Å²) in [6, 6.07) is -1.03. The van der Waals surface area contributed by atoms with Gasteiger partial charge in [-0.1, -0.05) is 0 Å². The van der Waals surface area contributed by atoms with E-state index >= 15 is 0 Å². The van der Waals surface area contributed by atoms with Gasteiger partial charge in [0.25, 0.3) is 0 Å². The molecule has 7 heteroatoms. The minimum Gasteiger partial charge on any atom is -0.480 e. The van der Waals surface area contributed by atoms with Gasteiger partial charge in [0.1, 0.15) is 17.7 Å². The number of ether oxygens (including phenoxy) is 2. The third-order valence-corrected chi connectivity index (χ3v) is 2.51. The Morgan fingerprint density at radius 2 is 1.84 bits per heavy atom. The van der Waals surface area contributed by atoms with E-state index in [0.717, 1.165) is 4.90 Å². The Morgan fingerprint density at radius 1 is 1.26 bits per heavy atom. The number of hydrogen-bond donors (Lipinski definition) is 1. The molecule has 1 aliphatic rings. The Bertz CT molecular complexity index is 386. The van der Waals surface area contributed by atoms with Crippen molar-refractivity contribution in [1.29, 1.82) is 0 Å². The molecule has 2 atom stereocenters. The van der Waals surface area contributed by atoms with Gasteiger partial charge in [0.05, 0.1) is 6.54 Å². The van der Waals surface area contributed by atoms with Crippen LogP contribution in [-0.2, 0) is 19.1 Å². The van der Waals surface area contributed by atoms with Crippen molar-refractivity contribution in [2.75, 3.05) is 6.54 Å². The molecule has 1 heterocycles. The first-order chi connectivity index (χ1) is 8.60. The van der Waals surface area contributed by atoms with Crippen molar-refractivity contribution in [3.8, 4) is 0 Å². The number of carboxylic acids is 1. The molecule has 1 N–H and O–H groups in total. The Balaban J connectivity index is 2.76. The van der Waals surface area contributed by atoms with Crippen LogP contribution < -0.4 is 0 Å². The molecule has 1 aliphatic heterocycles. The minimum atomic E-state index is -1.14. The van der Waals surface area contributed by atoms with Gasteiger partial charge in [0.2, 0.25) is 0 Å². The number of carboxylic acid groups (broad SMARTS) is 1. The lowest BCUT2D eigenvalue weighted by Crippen LogP contribution is -2.43. The van der Waals surface area contributed by atoms with E-state index in [9.17, 15) is 14.4 Å². The fourth-order valence-electron chi connectivity index (χ4n) is 1.87. The monoisotopic (exact) mass is 273 g/mol. The fraction of sp³-hybridized carbons (Fsp3) is 0.750. The lowest BCUT2D eigenvalue weighted by molar-refractivity contribution is -0.146. The molecule has 1 fully saturated rings. The summed E-state index contributed by atoms with van der Waals surface area (Å²) in [7, 11) is 0. The first-order valence-corrected chi connectivity index (χ1v) is 6.00. The molecule has 0 spiro atoms. The van der Waals surface area contributed by atoms with Crippen LogP contribution in [-0.4, -0.2) is 52.3 Å². The molecule has 1 saturated heterocycles. The van der Waals surface area contributed by atoms with Gasteiger partial charge < -0.3 is 14.6 Å². The minimum absolute atomic E-state index is 0.0332. The molecule has 7 nitrogen and oxygen atoms in total. The van der Waals surface area contributed by atoms with Crippen LogP contribution in [0.2, 0.25) is 0 Å². The van der Waals surface area contributed by atoms with Gasteiger partial charge in [0, 0.05) is 13.3 Å². The largest absolute Gasteiger partial charge is 0.480 e. The van der Waals surface area contributed by atoms with Crippen molar-refractivity contribution in [1.82, 2.24) is 4.90 Å². The lowest BCUT2D eigenvalue weighted by Gasteiger charge is -2.26. The van der Waals surface area contributed by atoms with Gasteiger partial charge >= 0.3 is 18.0 Å². The SMILES string of the molecule is CC(=O)O[C@@H]1C[C@H](C(=O)O)N(C(=O)OC(C)(C)C)C1. The Hall–Kier alpha value is -1.79. The molecule has 0 aromatic heterocycles. The number of hydrogen-bond acceptors (Lipinski definition) is 5. The first kappa shape index (κ1) is 15.3. The molecule has 0 saturated carbocycles. The number of amides is 1. The van der Waals surface area contributed by atoms with Crippen molar-refractivity contribution in [2.45, 2.75) is 51.9 Å². The average Bonchev–Trinajstić information content (AvgIpc) is 2.57. The summed E-state index contributed by atoms with van der Waals surface area (Å²) in [5, 5.41) is 9.09. The topological polar surface area (TPSA) is 93.1 Å². The van der Waals surface area contributed by atoms with Crippen LogP contribution in [0.5, 0.6) is 0 Å². The van der Waals surface area contributed by atoms with E-state index < -0.39 is 35.8 Å². The number of nitrogens with zero attached hydrogens (tertiary/aromatic N) is 1. The number of aliphatic carboxylic acids is 1. The highest BCUT2D eigenvalue weighted by molar-refractivity contribution is 5.81. The summed E-state index contributed by atoms with van der Waals surface area (Å²) in [5.41, 5.74) is -0.709. The van der Waals surface area contributed by atoms with Gasteiger partial charge in [-0.05, 0) is 20.8 Å². The van der Waals surface area contributed by atoms with Crippen LogP contribution >= 0.6 is 0 Å². The number of likely N-dealkylation sites (tertiary alicyclic amines) is 1. The summed E-state index contributed by atoms with van der Waals surface area (Å²) in [6.45, 7) is 6.36. The zero-order valence-corrected chi connectivity index (χ0v) is 11.5. The summed E-state index contributed by atoms with van der Waals surface area (Å²) in [5.74, 6) is -1.64. The molecule has 1 rings (SSSR count). The predicted octanol–water partition coefficient (Wildman–Crippen LogP) is 1.01. The number of rotatable bonds is 2. The molecule has 0 aliphatic carbocycles. The molecule has 0 radical (unpaired) electrons. The van der Waals surface area contributed by atoms with Crippen LogP contribution in [0.3, 0.4) is 0 Å². The second-order valence-corrected chi connectivity index (χ2v) is 5.45. The standard InChI is InChI=1S/C12H19NO6/c1-7(14)18-8-5-9(10(15)16)13(6-8)11(17)19-12(2,3)4/h8-9H,5-6H2,1-4H3,(H,15,16)/t8-,9-/m1/s1. The molecule has 0 unspecified atom stereocenters. The highest BCUT2D eigenvalue weighted by atomic mass is 16.6. The fourth-order valence-corrected chi connectivity index (χ4v) is 1.87. The number of carbonyl (C=O) groups is 3. The van der Waals surface area contributed by atoms with Gasteiger partial charge in [-0.15, -0.1) is 0 Å². The zero-order chi connectivity index (χ0) is 14.8. The van der Waals surface area contributed by atoms with E-state index in [4.69, 9.17) is 14.6 Å². The predicted molar refractivity (Wildman–Crippen MR) is 64.5 cm³/mol. The second kappa shape index (κ2) is 5.46. The van der Waals surface area contributed by atoms with Gasteiger partial charge in [-0.3, -0.25) is 9.69 Å². The van der Waals surface area contributed by atoms with Gasteiger partial charge in [-0.25, -0.2) is 9.59 Å². The summed E-state index contributed by atoms with van der Waals surface area (Å²) in [4.78, 5) is 35.0. The first-order valence-electron chi connectivity index (χ1n) is 6.00. The smallest absolute Gasteiger partial charge is 0.411 e. The van der Waals surface area contributed by atoms with E-state index in [-0.39, 0.29) is 13.0 Å². The Kier molecular flexibility index (Phi) is 4.39. The van der Waals surface area contributed by atoms with Crippen molar-refractivity contribution < 1.29 is 29.0 Å². The lowest BCUT2D eigenvalue weighted by atomic mass is 10.2. The van der Waals surface area contributed by atoms with Crippen molar-refractivity contribution in [2.24, 2.45) is 0 Å². The van der Waals surface area contributed by atoms with Crippen LogP contribution in [0.4, 0.5) is 4.79 Å². The van der Waals surface area contributed by atoms with E-state index in [1.807, 2.05) is 0 Å². The molecule has 19 heavy (non-hydrogen) atoms. The van der Waals surface area contributed by atoms with E-state index in [1.54, 1.807) is 20.8 Å². The quantitative estimate of drug-likeness (QED) is 0.755. The average molecular weight is 273 g/mol. The van der Waals surface area contributed by atoms with Crippen LogP contribution in [0, 0.1) is 0 Å². The molecular formula is C12H19NO6. The third-order valence-electron chi connectivity index (χ3n) is 2.51. The van der Waals surface area contributed by atoms with Crippen molar-refractivity contribution in [3.05, 3.63) is 0 Å². The maximum atomic E-state index is 11.9. The molecule has 0 aromatic rings. The van der Waals surface area contributed by atoms with E-state index in [1.165, 1.54) is 6.92 Å². The van der Waals surface area contributed by atoms with Crippen LogP contribution in [0.15, 0.2) is 0 Å². The summed E-state index contributed by atoms with van der Waals surface area (Å²) >= 11 is 0. The molecular weight excluding hydrogens is 254 g/mol. The van der Waals surface area contributed by atoms with Crippen LogP contribution in [0.25, 0.3) is 0 Å². The van der Waals surface area contributed by atoms with Crippen LogP contribution in [0.1, 0.15) is 34.1 Å². The second-order valence-electron chi connectivity index (χ2n) is 5.45. The number of carbonyl (C=O) groups excluding carboxylic acids is 2. The summed E-state index contributed by atoms with van der Waals surface area (Å²) < 4.78 is 10.1. The Morgan fingerprint density at radius 3 is 2.26 bits per heavy atom. The molecule has 108 valence electrons.